The van der Waals surface area contributed by atoms with Crippen LogP contribution in [0.5, 0.6) is 0 Å². The molecule has 116 valence electrons. The lowest BCUT2D eigenvalue weighted by atomic mass is 9.98. The number of carbonyl (C=O) groups is 1. The van der Waals surface area contributed by atoms with Gasteiger partial charge in [-0.25, -0.2) is 8.42 Å². The third-order valence-electron chi connectivity index (χ3n) is 4.31. The summed E-state index contributed by atoms with van der Waals surface area (Å²) in [4.78, 5) is 14.3. The Bertz CT molecular complexity index is 452. The molecule has 0 saturated carbocycles. The van der Waals surface area contributed by atoms with Gasteiger partial charge in [-0.05, 0) is 26.8 Å². The van der Waals surface area contributed by atoms with Crippen LogP contribution in [0.15, 0.2) is 0 Å². The van der Waals surface area contributed by atoms with Gasteiger partial charge in [-0.15, -0.1) is 0 Å². The van der Waals surface area contributed by atoms with Gasteiger partial charge in [0, 0.05) is 37.6 Å². The highest BCUT2D eigenvalue weighted by atomic mass is 32.2. The van der Waals surface area contributed by atoms with Crippen molar-refractivity contribution < 1.29 is 13.2 Å². The topological polar surface area (TPSA) is 78.5 Å². The van der Waals surface area contributed by atoms with E-state index < -0.39 is 9.84 Å². The fraction of sp³-hybridized carbons (Fsp3) is 0.923. The van der Waals surface area contributed by atoms with Crippen LogP contribution in [0.4, 0.5) is 0 Å². The number of amides is 1. The highest BCUT2D eigenvalue weighted by Gasteiger charge is 2.28. The largest absolute Gasteiger partial charge is 0.353 e. The molecule has 0 aromatic carbocycles. The second kappa shape index (κ2) is 6.41. The van der Waals surface area contributed by atoms with E-state index in [4.69, 9.17) is 0 Å². The molecule has 3 unspecified atom stereocenters. The van der Waals surface area contributed by atoms with Crippen LogP contribution in [-0.4, -0.2) is 69.0 Å². The minimum absolute atomic E-state index is 0.0404. The van der Waals surface area contributed by atoms with Crippen molar-refractivity contribution in [3.8, 4) is 0 Å². The highest BCUT2D eigenvalue weighted by Crippen LogP contribution is 2.15. The Morgan fingerprint density at radius 1 is 1.45 bits per heavy atom. The number of rotatable bonds is 3. The number of hydrogen-bond acceptors (Lipinski definition) is 5. The van der Waals surface area contributed by atoms with E-state index in [2.05, 4.69) is 29.5 Å². The minimum atomic E-state index is -2.98. The standard InChI is InChI=1S/C13H25N3O3S/c1-10-7-11(3-5-16(10)2)15-13(17)8-12-9-20(18,19)6-4-14-12/h10-12,14H,3-9H2,1-2H3,(H,15,17). The number of nitrogens with one attached hydrogen (secondary N) is 2. The molecule has 20 heavy (non-hydrogen) atoms. The van der Waals surface area contributed by atoms with Crippen LogP contribution in [0.25, 0.3) is 0 Å². The number of nitrogens with zero attached hydrogens (tertiary/aromatic N) is 1. The first-order valence-corrected chi connectivity index (χ1v) is 9.11. The summed E-state index contributed by atoms with van der Waals surface area (Å²) in [7, 11) is -0.879. The van der Waals surface area contributed by atoms with E-state index in [1.807, 2.05) is 0 Å². The van der Waals surface area contributed by atoms with Crippen molar-refractivity contribution in [2.45, 2.75) is 44.3 Å². The van der Waals surface area contributed by atoms with Gasteiger partial charge in [0.2, 0.25) is 5.91 Å². The Balaban J connectivity index is 1.78. The van der Waals surface area contributed by atoms with Gasteiger partial charge >= 0.3 is 0 Å². The first kappa shape index (κ1) is 15.7. The Morgan fingerprint density at radius 3 is 2.85 bits per heavy atom. The highest BCUT2D eigenvalue weighted by molar-refractivity contribution is 7.91. The predicted molar refractivity (Wildman–Crippen MR) is 78.3 cm³/mol. The van der Waals surface area contributed by atoms with Crippen LogP contribution in [0.3, 0.4) is 0 Å². The summed E-state index contributed by atoms with van der Waals surface area (Å²) in [6.45, 7) is 3.60. The van der Waals surface area contributed by atoms with Crippen molar-refractivity contribution in [3.05, 3.63) is 0 Å². The Hall–Kier alpha value is -0.660. The van der Waals surface area contributed by atoms with Crippen LogP contribution in [-0.2, 0) is 14.6 Å². The van der Waals surface area contributed by atoms with Gasteiger partial charge in [0.15, 0.2) is 9.84 Å². The molecule has 2 aliphatic heterocycles. The maximum absolute atomic E-state index is 12.0. The number of piperidine rings is 1. The summed E-state index contributed by atoms with van der Waals surface area (Å²) in [5.74, 6) is 0.211. The van der Waals surface area contributed by atoms with Gasteiger partial charge in [-0.3, -0.25) is 4.79 Å². The van der Waals surface area contributed by atoms with E-state index in [1.54, 1.807) is 0 Å². The molecule has 1 amide bonds. The Kier molecular flexibility index (Phi) is 5.04. The van der Waals surface area contributed by atoms with Crippen LogP contribution in [0, 0.1) is 0 Å². The molecule has 2 aliphatic rings. The van der Waals surface area contributed by atoms with E-state index >= 15 is 0 Å². The second-order valence-corrected chi connectivity index (χ2v) is 8.32. The van der Waals surface area contributed by atoms with Crippen molar-refractivity contribution in [3.63, 3.8) is 0 Å². The van der Waals surface area contributed by atoms with Gasteiger partial charge in [0.25, 0.3) is 0 Å². The lowest BCUT2D eigenvalue weighted by Crippen LogP contribution is -2.50. The van der Waals surface area contributed by atoms with Crippen LogP contribution < -0.4 is 10.6 Å². The minimum Gasteiger partial charge on any atom is -0.353 e. The maximum atomic E-state index is 12.0. The van der Waals surface area contributed by atoms with Gasteiger partial charge < -0.3 is 15.5 Å². The molecular weight excluding hydrogens is 278 g/mol. The molecule has 0 aromatic rings. The smallest absolute Gasteiger partial charge is 0.221 e. The predicted octanol–water partition coefficient (Wildman–Crippen LogP) is -0.638. The molecular formula is C13H25N3O3S. The fourth-order valence-corrected chi connectivity index (χ4v) is 4.37. The molecule has 0 aliphatic carbocycles. The van der Waals surface area contributed by atoms with E-state index in [0.29, 0.717) is 12.6 Å². The Morgan fingerprint density at radius 2 is 2.20 bits per heavy atom. The summed E-state index contributed by atoms with van der Waals surface area (Å²) in [5, 5.41) is 6.15. The molecule has 0 aromatic heterocycles. The third-order valence-corrected chi connectivity index (χ3v) is 6.04. The molecule has 3 atom stereocenters. The molecule has 2 N–H and O–H groups in total. The molecule has 2 saturated heterocycles. The summed E-state index contributed by atoms with van der Waals surface area (Å²) >= 11 is 0. The van der Waals surface area contributed by atoms with Crippen LogP contribution in [0.2, 0.25) is 0 Å². The molecule has 2 fully saturated rings. The van der Waals surface area contributed by atoms with Crippen molar-refractivity contribution in [2.75, 3.05) is 31.6 Å². The first-order valence-electron chi connectivity index (χ1n) is 7.29. The van der Waals surface area contributed by atoms with Crippen LogP contribution >= 0.6 is 0 Å². The van der Waals surface area contributed by atoms with Crippen molar-refractivity contribution in [2.24, 2.45) is 0 Å². The molecule has 6 nitrogen and oxygen atoms in total. The number of sulfone groups is 1. The first-order chi connectivity index (χ1) is 9.35. The SMILES string of the molecule is CC1CC(NC(=O)CC2CS(=O)(=O)CCN2)CCN1C. The number of likely N-dealkylation sites (tertiary alicyclic amines) is 1. The van der Waals surface area contributed by atoms with E-state index in [-0.39, 0.29) is 35.9 Å². The zero-order valence-corrected chi connectivity index (χ0v) is 13.1. The fourth-order valence-electron chi connectivity index (χ4n) is 2.93. The van der Waals surface area contributed by atoms with Crippen molar-refractivity contribution in [1.82, 2.24) is 15.5 Å². The summed E-state index contributed by atoms with van der Waals surface area (Å²) in [6, 6.07) is 0.452. The average Bonchev–Trinajstić information content (AvgIpc) is 2.32. The maximum Gasteiger partial charge on any atom is 0.221 e. The molecule has 0 spiro atoms. The molecule has 7 heteroatoms. The second-order valence-electron chi connectivity index (χ2n) is 6.09. The molecule has 2 heterocycles. The lowest BCUT2D eigenvalue weighted by molar-refractivity contribution is -0.122. The normalized spacial score (nSPS) is 34.6. The van der Waals surface area contributed by atoms with E-state index in [0.717, 1.165) is 19.4 Å². The number of carbonyl (C=O) groups excluding carboxylic acids is 1. The zero-order chi connectivity index (χ0) is 14.8. The van der Waals surface area contributed by atoms with Gasteiger partial charge in [0.1, 0.15) is 0 Å². The quantitative estimate of drug-likeness (QED) is 0.725. The molecule has 2 rings (SSSR count). The van der Waals surface area contributed by atoms with Crippen molar-refractivity contribution in [1.29, 1.82) is 0 Å². The molecule has 0 radical (unpaired) electrons. The summed E-state index contributed by atoms with van der Waals surface area (Å²) < 4.78 is 23.1. The van der Waals surface area contributed by atoms with E-state index in [1.165, 1.54) is 0 Å². The van der Waals surface area contributed by atoms with Crippen molar-refractivity contribution >= 4 is 15.7 Å². The lowest BCUT2D eigenvalue weighted by Gasteiger charge is -2.35. The third kappa shape index (κ3) is 4.43. The summed E-state index contributed by atoms with van der Waals surface area (Å²) in [6.07, 6.45) is 2.17. The summed E-state index contributed by atoms with van der Waals surface area (Å²) in [5.41, 5.74) is 0. The number of hydrogen-bond donors (Lipinski definition) is 2. The average molecular weight is 303 g/mol. The van der Waals surface area contributed by atoms with Gasteiger partial charge in [0.05, 0.1) is 11.5 Å². The zero-order valence-electron chi connectivity index (χ0n) is 12.3. The van der Waals surface area contributed by atoms with Gasteiger partial charge in [-0.2, -0.15) is 0 Å². The Labute approximate surface area is 121 Å². The molecule has 0 bridgehead atoms. The van der Waals surface area contributed by atoms with Crippen LogP contribution in [0.1, 0.15) is 26.2 Å². The monoisotopic (exact) mass is 303 g/mol. The van der Waals surface area contributed by atoms with Gasteiger partial charge in [-0.1, -0.05) is 0 Å². The van der Waals surface area contributed by atoms with E-state index in [9.17, 15) is 13.2 Å².